The second kappa shape index (κ2) is 5.06. The standard InChI is InChI=1S/C12H18BrN3/c1-15-6-2-7-16(8-5-14)11-4-3-10(13)9-12(11)15/h3-4,9H,2,5-8,14H2,1H3. The molecule has 0 atom stereocenters. The number of hydrogen-bond donors (Lipinski definition) is 1. The van der Waals surface area contributed by atoms with Gasteiger partial charge in [0.05, 0.1) is 11.4 Å². The maximum Gasteiger partial charge on any atom is 0.0612 e. The molecule has 0 saturated heterocycles. The normalized spacial score (nSPS) is 15.9. The third-order valence-electron chi connectivity index (χ3n) is 3.01. The Balaban J connectivity index is 2.39. The van der Waals surface area contributed by atoms with Crippen LogP contribution in [0.25, 0.3) is 0 Å². The molecule has 0 fully saturated rings. The molecule has 1 aliphatic heterocycles. The lowest BCUT2D eigenvalue weighted by atomic mass is 10.2. The van der Waals surface area contributed by atoms with E-state index in [9.17, 15) is 0 Å². The first-order chi connectivity index (χ1) is 7.72. The lowest BCUT2D eigenvalue weighted by molar-refractivity contribution is 0.741. The van der Waals surface area contributed by atoms with E-state index in [2.05, 4.69) is 51.0 Å². The maximum absolute atomic E-state index is 5.67. The molecule has 0 radical (unpaired) electrons. The van der Waals surface area contributed by atoms with Crippen LogP contribution in [0.5, 0.6) is 0 Å². The molecular formula is C12H18BrN3. The average molecular weight is 284 g/mol. The van der Waals surface area contributed by atoms with Crippen LogP contribution in [0.2, 0.25) is 0 Å². The molecule has 0 aliphatic carbocycles. The predicted octanol–water partition coefficient (Wildman–Crippen LogP) is 2.05. The first-order valence-corrected chi connectivity index (χ1v) is 6.47. The first kappa shape index (κ1) is 11.7. The highest BCUT2D eigenvalue weighted by atomic mass is 79.9. The van der Waals surface area contributed by atoms with Crippen LogP contribution in [-0.4, -0.2) is 33.2 Å². The minimum absolute atomic E-state index is 0.708. The smallest absolute Gasteiger partial charge is 0.0612 e. The van der Waals surface area contributed by atoms with Crippen molar-refractivity contribution in [1.82, 2.24) is 0 Å². The summed E-state index contributed by atoms with van der Waals surface area (Å²) in [4.78, 5) is 4.70. The van der Waals surface area contributed by atoms with Gasteiger partial charge in [0.15, 0.2) is 0 Å². The second-order valence-corrected chi connectivity index (χ2v) is 5.10. The van der Waals surface area contributed by atoms with Gasteiger partial charge in [-0.1, -0.05) is 15.9 Å². The molecule has 1 aliphatic rings. The van der Waals surface area contributed by atoms with E-state index in [1.54, 1.807) is 0 Å². The molecule has 0 bridgehead atoms. The van der Waals surface area contributed by atoms with Gasteiger partial charge in [-0.25, -0.2) is 0 Å². The fourth-order valence-electron chi connectivity index (χ4n) is 2.20. The molecule has 1 aromatic rings. The highest BCUT2D eigenvalue weighted by Crippen LogP contribution is 2.33. The molecule has 0 amide bonds. The summed E-state index contributed by atoms with van der Waals surface area (Å²) in [5.41, 5.74) is 8.26. The summed E-state index contributed by atoms with van der Waals surface area (Å²) in [5.74, 6) is 0. The lowest BCUT2D eigenvalue weighted by Crippen LogP contribution is -2.29. The minimum Gasteiger partial charge on any atom is -0.373 e. The summed E-state index contributed by atoms with van der Waals surface area (Å²) < 4.78 is 1.13. The summed E-state index contributed by atoms with van der Waals surface area (Å²) in [6.07, 6.45) is 1.18. The topological polar surface area (TPSA) is 32.5 Å². The molecule has 2 N–H and O–H groups in total. The Labute approximate surface area is 105 Å². The summed E-state index contributed by atoms with van der Waals surface area (Å²) in [7, 11) is 2.15. The third-order valence-corrected chi connectivity index (χ3v) is 3.50. The van der Waals surface area contributed by atoms with Crippen LogP contribution in [0.1, 0.15) is 6.42 Å². The maximum atomic E-state index is 5.67. The number of rotatable bonds is 2. The van der Waals surface area contributed by atoms with Crippen molar-refractivity contribution >= 4 is 27.3 Å². The van der Waals surface area contributed by atoms with Gasteiger partial charge in [0.1, 0.15) is 0 Å². The van der Waals surface area contributed by atoms with E-state index in [1.165, 1.54) is 17.8 Å². The van der Waals surface area contributed by atoms with Gasteiger partial charge in [-0.15, -0.1) is 0 Å². The minimum atomic E-state index is 0.708. The largest absolute Gasteiger partial charge is 0.373 e. The van der Waals surface area contributed by atoms with Crippen LogP contribution in [0.3, 0.4) is 0 Å². The van der Waals surface area contributed by atoms with Crippen molar-refractivity contribution in [3.8, 4) is 0 Å². The summed E-state index contributed by atoms with van der Waals surface area (Å²) in [6.45, 7) is 3.84. The van der Waals surface area contributed by atoms with Crippen molar-refractivity contribution in [3.05, 3.63) is 22.7 Å². The predicted molar refractivity (Wildman–Crippen MR) is 73.3 cm³/mol. The van der Waals surface area contributed by atoms with E-state index < -0.39 is 0 Å². The Hall–Kier alpha value is -0.740. The molecule has 0 spiro atoms. The monoisotopic (exact) mass is 283 g/mol. The van der Waals surface area contributed by atoms with Gasteiger partial charge in [0, 0.05) is 37.7 Å². The molecule has 1 aromatic carbocycles. The molecule has 0 unspecified atom stereocenters. The van der Waals surface area contributed by atoms with E-state index in [0.717, 1.165) is 24.1 Å². The second-order valence-electron chi connectivity index (χ2n) is 4.18. The van der Waals surface area contributed by atoms with E-state index in [-0.39, 0.29) is 0 Å². The number of hydrogen-bond acceptors (Lipinski definition) is 3. The summed E-state index contributed by atoms with van der Waals surface area (Å²) in [6, 6.07) is 6.46. The van der Waals surface area contributed by atoms with Gasteiger partial charge < -0.3 is 15.5 Å². The number of nitrogens with two attached hydrogens (primary N) is 1. The molecule has 3 nitrogen and oxygen atoms in total. The van der Waals surface area contributed by atoms with Crippen molar-refractivity contribution in [1.29, 1.82) is 0 Å². The molecule has 88 valence electrons. The fraction of sp³-hybridized carbons (Fsp3) is 0.500. The Morgan fingerprint density at radius 2 is 2.12 bits per heavy atom. The zero-order chi connectivity index (χ0) is 11.5. The molecule has 4 heteroatoms. The van der Waals surface area contributed by atoms with Gasteiger partial charge >= 0.3 is 0 Å². The van der Waals surface area contributed by atoms with Gasteiger partial charge in [0.2, 0.25) is 0 Å². The molecule has 1 heterocycles. The van der Waals surface area contributed by atoms with Crippen molar-refractivity contribution < 1.29 is 0 Å². The van der Waals surface area contributed by atoms with E-state index in [0.29, 0.717) is 6.54 Å². The van der Waals surface area contributed by atoms with Crippen molar-refractivity contribution in [2.75, 3.05) is 43.0 Å². The SMILES string of the molecule is CN1CCCN(CCN)c2ccc(Br)cc21. The quantitative estimate of drug-likeness (QED) is 0.902. The Morgan fingerprint density at radius 1 is 1.31 bits per heavy atom. The average Bonchev–Trinajstić information content (AvgIpc) is 2.41. The highest BCUT2D eigenvalue weighted by Gasteiger charge is 2.17. The van der Waals surface area contributed by atoms with Crippen LogP contribution < -0.4 is 15.5 Å². The number of halogens is 1. The van der Waals surface area contributed by atoms with E-state index in [1.807, 2.05) is 0 Å². The number of anilines is 2. The van der Waals surface area contributed by atoms with Gasteiger partial charge in [-0.2, -0.15) is 0 Å². The van der Waals surface area contributed by atoms with Gasteiger partial charge in [0.25, 0.3) is 0 Å². The number of nitrogens with zero attached hydrogens (tertiary/aromatic N) is 2. The molecule has 0 aromatic heterocycles. The zero-order valence-electron chi connectivity index (χ0n) is 9.62. The molecular weight excluding hydrogens is 266 g/mol. The third kappa shape index (κ3) is 2.33. The van der Waals surface area contributed by atoms with Crippen LogP contribution in [0, 0.1) is 0 Å². The number of benzene rings is 1. The summed E-state index contributed by atoms with van der Waals surface area (Å²) >= 11 is 3.53. The van der Waals surface area contributed by atoms with Crippen molar-refractivity contribution in [2.24, 2.45) is 5.73 Å². The fourth-order valence-corrected chi connectivity index (χ4v) is 2.55. The van der Waals surface area contributed by atoms with Crippen LogP contribution in [0.15, 0.2) is 22.7 Å². The molecule has 16 heavy (non-hydrogen) atoms. The Morgan fingerprint density at radius 3 is 2.88 bits per heavy atom. The van der Waals surface area contributed by atoms with Crippen molar-refractivity contribution in [2.45, 2.75) is 6.42 Å². The van der Waals surface area contributed by atoms with E-state index in [4.69, 9.17) is 5.73 Å². The first-order valence-electron chi connectivity index (χ1n) is 5.68. The van der Waals surface area contributed by atoms with Crippen molar-refractivity contribution in [3.63, 3.8) is 0 Å². The van der Waals surface area contributed by atoms with Gasteiger partial charge in [-0.3, -0.25) is 0 Å². The van der Waals surface area contributed by atoms with E-state index >= 15 is 0 Å². The zero-order valence-corrected chi connectivity index (χ0v) is 11.2. The highest BCUT2D eigenvalue weighted by molar-refractivity contribution is 9.10. The number of fused-ring (bicyclic) bond motifs is 1. The van der Waals surface area contributed by atoms with Gasteiger partial charge in [-0.05, 0) is 24.6 Å². The lowest BCUT2D eigenvalue weighted by Gasteiger charge is -2.25. The Bertz CT molecular complexity index is 367. The van der Waals surface area contributed by atoms with Crippen LogP contribution in [0.4, 0.5) is 11.4 Å². The Kier molecular flexibility index (Phi) is 3.71. The summed E-state index contributed by atoms with van der Waals surface area (Å²) in [5, 5.41) is 0. The van der Waals surface area contributed by atoms with Crippen LogP contribution >= 0.6 is 15.9 Å². The molecule has 0 saturated carbocycles. The van der Waals surface area contributed by atoms with Crippen LogP contribution in [-0.2, 0) is 0 Å². The molecule has 2 rings (SSSR count).